The quantitative estimate of drug-likeness (QED) is 0.717. The van der Waals surface area contributed by atoms with Gasteiger partial charge in [0.2, 0.25) is 15.9 Å². The first-order valence-electron chi connectivity index (χ1n) is 10.2. The number of hydrogen-bond donors (Lipinski definition) is 1. The molecular weight excluding hydrogens is 408 g/mol. The summed E-state index contributed by atoms with van der Waals surface area (Å²) in [5.74, 6) is -0.342. The third-order valence-electron chi connectivity index (χ3n) is 6.38. The number of rotatable bonds is 3. The number of carbonyl (C=O) groups excluding carboxylic acids is 3. The maximum atomic E-state index is 13.2. The molecule has 0 unspecified atom stereocenters. The Kier molecular flexibility index (Phi) is 4.89. The molecule has 0 aromatic heterocycles. The van der Waals surface area contributed by atoms with Gasteiger partial charge in [0.1, 0.15) is 5.54 Å². The van der Waals surface area contributed by atoms with E-state index in [0.717, 1.165) is 11.3 Å². The number of anilines is 1. The first-order valence-corrected chi connectivity index (χ1v) is 11.6. The molecule has 4 rings (SSSR count). The summed E-state index contributed by atoms with van der Waals surface area (Å²) in [5.41, 5.74) is 0.587. The Hall–Kier alpha value is -2.46. The van der Waals surface area contributed by atoms with E-state index in [1.54, 1.807) is 24.0 Å². The second kappa shape index (κ2) is 7.05. The van der Waals surface area contributed by atoms with Crippen LogP contribution in [-0.2, 0) is 26.0 Å². The zero-order valence-electron chi connectivity index (χ0n) is 17.3. The highest BCUT2D eigenvalue weighted by Gasteiger charge is 2.52. The molecule has 0 radical (unpaired) electrons. The van der Waals surface area contributed by atoms with Crippen LogP contribution in [0.15, 0.2) is 23.1 Å². The molecule has 3 aliphatic heterocycles. The van der Waals surface area contributed by atoms with Crippen molar-refractivity contribution in [1.82, 2.24) is 14.5 Å². The molecule has 0 aliphatic carbocycles. The highest BCUT2D eigenvalue weighted by Crippen LogP contribution is 2.36. The third kappa shape index (κ3) is 3.01. The van der Waals surface area contributed by atoms with Gasteiger partial charge in [-0.25, -0.2) is 13.2 Å². The summed E-state index contributed by atoms with van der Waals surface area (Å²) in [6, 6.07) is 4.45. The molecule has 3 aliphatic rings. The van der Waals surface area contributed by atoms with Gasteiger partial charge in [0, 0.05) is 38.3 Å². The van der Waals surface area contributed by atoms with E-state index in [0.29, 0.717) is 13.0 Å². The van der Waals surface area contributed by atoms with Crippen molar-refractivity contribution in [2.24, 2.45) is 0 Å². The number of piperidine rings is 1. The number of carbonyl (C=O) groups is 3. The Bertz CT molecular complexity index is 1030. The van der Waals surface area contributed by atoms with Gasteiger partial charge in [0.15, 0.2) is 0 Å². The minimum atomic E-state index is -3.74. The van der Waals surface area contributed by atoms with Crippen LogP contribution in [0.25, 0.3) is 0 Å². The minimum absolute atomic E-state index is 0.0104. The van der Waals surface area contributed by atoms with Gasteiger partial charge in [-0.1, -0.05) is 0 Å². The summed E-state index contributed by atoms with van der Waals surface area (Å²) in [6.07, 6.45) is 1.09. The van der Waals surface area contributed by atoms with E-state index in [1.807, 2.05) is 6.92 Å². The predicted octanol–water partition coefficient (Wildman–Crippen LogP) is 1.08. The van der Waals surface area contributed by atoms with Crippen molar-refractivity contribution in [1.29, 1.82) is 0 Å². The van der Waals surface area contributed by atoms with Gasteiger partial charge in [-0.3, -0.25) is 14.5 Å². The van der Waals surface area contributed by atoms with Crippen molar-refractivity contribution < 1.29 is 22.8 Å². The molecule has 1 spiro atoms. The first-order chi connectivity index (χ1) is 14.1. The van der Waals surface area contributed by atoms with E-state index in [2.05, 4.69) is 5.32 Å². The van der Waals surface area contributed by atoms with Crippen LogP contribution in [0, 0.1) is 0 Å². The van der Waals surface area contributed by atoms with Gasteiger partial charge in [-0.05, 0) is 56.9 Å². The predicted molar refractivity (Wildman–Crippen MR) is 109 cm³/mol. The summed E-state index contributed by atoms with van der Waals surface area (Å²) in [4.78, 5) is 39.6. The smallest absolute Gasteiger partial charge is 0.323 e. The lowest BCUT2D eigenvalue weighted by Crippen LogP contribution is -2.55. The standard InChI is InChI=1S/C20H26N4O5S/c1-4-23-18(26)20(21-19(23)27)7-9-22(10-8-20)30(28,29)16-5-6-17-15(12-16)11-13(2)24(17)14(3)25/h5-6,12-13H,4,7-11H2,1-3H3,(H,21,27)/t13-/m1/s1. The fraction of sp³-hybridized carbons (Fsp3) is 0.550. The summed E-state index contributed by atoms with van der Waals surface area (Å²) in [6.45, 7) is 5.77. The summed E-state index contributed by atoms with van der Waals surface area (Å²) in [7, 11) is -3.74. The highest BCUT2D eigenvalue weighted by atomic mass is 32.2. The van der Waals surface area contributed by atoms with Gasteiger partial charge in [0.05, 0.1) is 4.90 Å². The van der Waals surface area contributed by atoms with Crippen molar-refractivity contribution in [3.05, 3.63) is 23.8 Å². The summed E-state index contributed by atoms with van der Waals surface area (Å²) < 4.78 is 27.8. The SMILES string of the molecule is CCN1C(=O)NC2(CCN(S(=O)(=O)c3ccc4c(c3)C[C@@H](C)N4C(C)=O)CC2)C1=O. The zero-order chi connectivity index (χ0) is 21.8. The molecule has 1 atom stereocenters. The first kappa shape index (κ1) is 20.8. The number of amides is 4. The molecule has 30 heavy (non-hydrogen) atoms. The number of likely N-dealkylation sites (N-methyl/N-ethyl adjacent to an activating group) is 1. The highest BCUT2D eigenvalue weighted by molar-refractivity contribution is 7.89. The minimum Gasteiger partial charge on any atom is -0.323 e. The van der Waals surface area contributed by atoms with Gasteiger partial charge in [0.25, 0.3) is 5.91 Å². The Morgan fingerprint density at radius 1 is 1.23 bits per heavy atom. The lowest BCUT2D eigenvalue weighted by atomic mass is 9.88. The molecule has 1 N–H and O–H groups in total. The molecule has 1 aromatic rings. The van der Waals surface area contributed by atoms with Crippen molar-refractivity contribution >= 4 is 33.6 Å². The average Bonchev–Trinajstić information content (AvgIpc) is 3.14. The summed E-state index contributed by atoms with van der Waals surface area (Å²) >= 11 is 0. The van der Waals surface area contributed by atoms with E-state index in [9.17, 15) is 22.8 Å². The van der Waals surface area contributed by atoms with Crippen LogP contribution in [0.3, 0.4) is 0 Å². The molecule has 3 heterocycles. The molecule has 0 saturated carbocycles. The second-order valence-electron chi connectivity index (χ2n) is 8.20. The van der Waals surface area contributed by atoms with Gasteiger partial charge < -0.3 is 10.2 Å². The number of benzene rings is 1. The third-order valence-corrected chi connectivity index (χ3v) is 8.28. The fourth-order valence-corrected chi connectivity index (χ4v) is 6.30. The Morgan fingerprint density at radius 2 is 1.90 bits per heavy atom. The molecule has 9 nitrogen and oxygen atoms in total. The van der Waals surface area contributed by atoms with Crippen LogP contribution in [0.2, 0.25) is 0 Å². The molecule has 162 valence electrons. The fourth-order valence-electron chi connectivity index (χ4n) is 4.81. The zero-order valence-corrected chi connectivity index (χ0v) is 18.2. The molecule has 2 fully saturated rings. The monoisotopic (exact) mass is 434 g/mol. The normalized spacial score (nSPS) is 23.8. The Balaban J connectivity index is 1.54. The number of hydrogen-bond acceptors (Lipinski definition) is 5. The Morgan fingerprint density at radius 3 is 2.47 bits per heavy atom. The number of nitrogens with zero attached hydrogens (tertiary/aromatic N) is 3. The van der Waals surface area contributed by atoms with E-state index in [4.69, 9.17) is 0 Å². The molecule has 4 amide bonds. The molecule has 2 saturated heterocycles. The van der Waals surface area contributed by atoms with Crippen LogP contribution in [0.4, 0.5) is 10.5 Å². The van der Waals surface area contributed by atoms with Crippen LogP contribution in [-0.4, -0.2) is 66.7 Å². The van der Waals surface area contributed by atoms with Crippen LogP contribution in [0.5, 0.6) is 0 Å². The van der Waals surface area contributed by atoms with E-state index in [1.165, 1.54) is 22.2 Å². The van der Waals surface area contributed by atoms with Crippen LogP contribution in [0.1, 0.15) is 39.2 Å². The number of fused-ring (bicyclic) bond motifs is 1. The number of nitrogens with one attached hydrogen (secondary N) is 1. The van der Waals surface area contributed by atoms with E-state index >= 15 is 0 Å². The van der Waals surface area contributed by atoms with Crippen molar-refractivity contribution in [3.8, 4) is 0 Å². The average molecular weight is 435 g/mol. The number of sulfonamides is 1. The van der Waals surface area contributed by atoms with Crippen molar-refractivity contribution in [2.45, 2.75) is 56.5 Å². The maximum Gasteiger partial charge on any atom is 0.325 e. The Labute approximate surface area is 176 Å². The topological polar surface area (TPSA) is 107 Å². The number of imide groups is 1. The van der Waals surface area contributed by atoms with Crippen LogP contribution < -0.4 is 10.2 Å². The maximum absolute atomic E-state index is 13.2. The molecule has 0 bridgehead atoms. The van der Waals surface area contributed by atoms with Gasteiger partial charge in [-0.2, -0.15) is 4.31 Å². The van der Waals surface area contributed by atoms with Crippen LogP contribution >= 0.6 is 0 Å². The van der Waals surface area contributed by atoms with E-state index < -0.39 is 21.6 Å². The van der Waals surface area contributed by atoms with Gasteiger partial charge in [-0.15, -0.1) is 0 Å². The second-order valence-corrected chi connectivity index (χ2v) is 10.1. The summed E-state index contributed by atoms with van der Waals surface area (Å²) in [5, 5.41) is 2.76. The molecule has 10 heteroatoms. The lowest BCUT2D eigenvalue weighted by Gasteiger charge is -2.36. The number of urea groups is 1. The van der Waals surface area contributed by atoms with Crippen molar-refractivity contribution in [2.75, 3.05) is 24.5 Å². The van der Waals surface area contributed by atoms with Gasteiger partial charge >= 0.3 is 6.03 Å². The largest absolute Gasteiger partial charge is 0.325 e. The lowest BCUT2D eigenvalue weighted by molar-refractivity contribution is -0.132. The van der Waals surface area contributed by atoms with Crippen molar-refractivity contribution in [3.63, 3.8) is 0 Å². The van der Waals surface area contributed by atoms with E-state index in [-0.39, 0.29) is 48.7 Å². The molecule has 1 aromatic carbocycles. The molecular formula is C20H26N4O5S.